The number of hydrogen-bond acceptors (Lipinski definition) is 6. The van der Waals surface area contributed by atoms with E-state index in [0.717, 1.165) is 19.1 Å². The maximum atomic E-state index is 12.7. The van der Waals surface area contributed by atoms with Crippen LogP contribution in [-0.2, 0) is 9.53 Å². The third-order valence-corrected chi connectivity index (χ3v) is 3.70. The summed E-state index contributed by atoms with van der Waals surface area (Å²) in [6, 6.07) is 0.0499. The molecule has 2 aliphatic heterocycles. The maximum Gasteiger partial charge on any atom is 0.416 e. The number of carbonyl (C=O) groups excluding carboxylic acids is 2. The zero-order valence-corrected chi connectivity index (χ0v) is 14.5. The summed E-state index contributed by atoms with van der Waals surface area (Å²) >= 11 is 6.12. The molecule has 1 saturated carbocycles. The van der Waals surface area contributed by atoms with Crippen molar-refractivity contribution in [2.24, 2.45) is 16.0 Å². The third-order valence-electron chi connectivity index (χ3n) is 3.51. The molecule has 0 bridgehead atoms. The third kappa shape index (κ3) is 3.51. The molecule has 1 amide bonds. The second kappa shape index (κ2) is 6.05. The van der Waals surface area contributed by atoms with Crippen LogP contribution in [0.1, 0.15) is 33.6 Å². The van der Waals surface area contributed by atoms with Gasteiger partial charge in [-0.1, -0.05) is 11.6 Å². The second-order valence-corrected chi connectivity index (χ2v) is 7.22. The monoisotopic (exact) mass is 350 g/mol. The first-order chi connectivity index (χ1) is 11.3. The molecule has 0 radical (unpaired) electrons. The average Bonchev–Trinajstić information content (AvgIpc) is 3.29. The zero-order valence-electron chi connectivity index (χ0n) is 13.8. The molecule has 7 nitrogen and oxygen atoms in total. The number of rotatable bonds is 3. The van der Waals surface area contributed by atoms with Crippen molar-refractivity contribution in [3.63, 3.8) is 0 Å². The van der Waals surface area contributed by atoms with E-state index in [4.69, 9.17) is 16.3 Å². The summed E-state index contributed by atoms with van der Waals surface area (Å²) in [4.78, 5) is 29.4. The van der Waals surface area contributed by atoms with E-state index >= 15 is 0 Å². The highest BCUT2D eigenvalue weighted by atomic mass is 35.5. The van der Waals surface area contributed by atoms with Crippen LogP contribution in [0.5, 0.6) is 0 Å². The predicted octanol–water partition coefficient (Wildman–Crippen LogP) is 2.84. The summed E-state index contributed by atoms with van der Waals surface area (Å²) in [5, 5.41) is 5.99. The highest BCUT2D eigenvalue weighted by Crippen LogP contribution is 2.36. The van der Waals surface area contributed by atoms with Gasteiger partial charge in [0.05, 0.1) is 5.92 Å². The molecule has 1 unspecified atom stereocenters. The number of hydrazone groups is 1. The summed E-state index contributed by atoms with van der Waals surface area (Å²) < 4.78 is 5.52. The van der Waals surface area contributed by atoms with Crippen LogP contribution in [0, 0.1) is 5.92 Å². The van der Waals surface area contributed by atoms with Crippen LogP contribution in [0.4, 0.5) is 4.79 Å². The Hall–Kier alpha value is -2.15. The number of carbonyl (C=O) groups is 2. The number of ether oxygens (including phenoxy) is 1. The normalized spacial score (nSPS) is 22.9. The van der Waals surface area contributed by atoms with Crippen molar-refractivity contribution in [1.82, 2.24) is 9.91 Å². The van der Waals surface area contributed by atoms with Gasteiger partial charge in [-0.05, 0) is 39.7 Å². The Morgan fingerprint density at radius 2 is 2.17 bits per heavy atom. The summed E-state index contributed by atoms with van der Waals surface area (Å²) in [6.45, 7) is 5.45. The van der Waals surface area contributed by atoms with E-state index < -0.39 is 17.6 Å². The van der Waals surface area contributed by atoms with E-state index in [-0.39, 0.29) is 11.2 Å². The van der Waals surface area contributed by atoms with E-state index in [0.29, 0.717) is 11.6 Å². The van der Waals surface area contributed by atoms with E-state index in [9.17, 15) is 9.59 Å². The Morgan fingerprint density at radius 1 is 1.46 bits per heavy atom. The van der Waals surface area contributed by atoms with E-state index in [2.05, 4.69) is 10.1 Å². The second-order valence-electron chi connectivity index (χ2n) is 6.83. The van der Waals surface area contributed by atoms with E-state index in [1.807, 2.05) is 20.8 Å². The summed E-state index contributed by atoms with van der Waals surface area (Å²) in [5.41, 5.74) is -0.607. The van der Waals surface area contributed by atoms with Crippen molar-refractivity contribution in [3.05, 3.63) is 23.8 Å². The molecule has 1 atom stereocenters. The minimum absolute atomic E-state index is 0.0499. The molecule has 8 heteroatoms. The van der Waals surface area contributed by atoms with Gasteiger partial charge in [-0.15, -0.1) is 0 Å². The van der Waals surface area contributed by atoms with Crippen LogP contribution in [0.2, 0.25) is 0 Å². The lowest BCUT2D eigenvalue weighted by Crippen LogP contribution is -2.43. The van der Waals surface area contributed by atoms with Gasteiger partial charge in [0.2, 0.25) is 0 Å². The number of fused-ring (bicyclic) bond motifs is 1. The Balaban J connectivity index is 1.93. The van der Waals surface area contributed by atoms with Gasteiger partial charge < -0.3 is 9.53 Å². The number of amides is 1. The molecule has 2 heterocycles. The minimum Gasteiger partial charge on any atom is -0.443 e. The van der Waals surface area contributed by atoms with Crippen LogP contribution < -0.4 is 0 Å². The van der Waals surface area contributed by atoms with Crippen LogP contribution in [0.15, 0.2) is 33.9 Å². The van der Waals surface area contributed by atoms with Gasteiger partial charge in [0.1, 0.15) is 22.9 Å². The molecule has 0 aromatic carbocycles. The first-order valence-corrected chi connectivity index (χ1v) is 8.16. The summed E-state index contributed by atoms with van der Waals surface area (Å²) in [7, 11) is 0. The van der Waals surface area contributed by atoms with Crippen molar-refractivity contribution >= 4 is 35.4 Å². The van der Waals surface area contributed by atoms with Gasteiger partial charge in [0.25, 0.3) is 0 Å². The first-order valence-electron chi connectivity index (χ1n) is 7.78. The van der Waals surface area contributed by atoms with Crippen molar-refractivity contribution < 1.29 is 14.3 Å². The van der Waals surface area contributed by atoms with Crippen molar-refractivity contribution in [1.29, 1.82) is 0 Å². The fraction of sp³-hybridized carbons (Fsp3) is 0.500. The van der Waals surface area contributed by atoms with E-state index in [1.54, 1.807) is 17.1 Å². The molecule has 0 spiro atoms. The molecule has 0 aromatic heterocycles. The highest BCUT2D eigenvalue weighted by molar-refractivity contribution is 6.68. The van der Waals surface area contributed by atoms with Gasteiger partial charge in [-0.2, -0.15) is 10.1 Å². The molecule has 3 rings (SSSR count). The largest absolute Gasteiger partial charge is 0.443 e. The Bertz CT molecular complexity index is 686. The minimum atomic E-state index is -0.607. The number of aldehydes is 1. The highest BCUT2D eigenvalue weighted by Gasteiger charge is 2.41. The van der Waals surface area contributed by atoms with Crippen molar-refractivity contribution in [2.45, 2.75) is 45.3 Å². The smallest absolute Gasteiger partial charge is 0.416 e. The number of nitrogens with zero attached hydrogens (tertiary/aromatic N) is 4. The average molecular weight is 351 g/mol. The predicted molar refractivity (Wildman–Crippen MR) is 90.4 cm³/mol. The van der Waals surface area contributed by atoms with Crippen LogP contribution in [0.3, 0.4) is 0 Å². The molecular formula is C16H19ClN4O3. The molecule has 0 saturated heterocycles. The van der Waals surface area contributed by atoms with Gasteiger partial charge in [0, 0.05) is 18.3 Å². The molecule has 1 aliphatic carbocycles. The van der Waals surface area contributed by atoms with E-state index in [1.165, 1.54) is 11.2 Å². The molecule has 24 heavy (non-hydrogen) atoms. The standard InChI is InChI=1S/C16H19ClN4O3/c1-16(2,3)24-15(23)20(11-4-5-11)14-7-12(17)19-13-6-10(9-22)8-18-21(13)14/h6-11H,4-5H2,1-3H3. The van der Waals surface area contributed by atoms with Crippen molar-refractivity contribution in [3.8, 4) is 0 Å². The van der Waals surface area contributed by atoms with Gasteiger partial charge in [-0.25, -0.2) is 9.79 Å². The van der Waals surface area contributed by atoms with Gasteiger partial charge >= 0.3 is 6.09 Å². The Morgan fingerprint density at radius 3 is 2.75 bits per heavy atom. The lowest BCUT2D eigenvalue weighted by molar-refractivity contribution is -0.108. The van der Waals surface area contributed by atoms with Crippen LogP contribution in [-0.4, -0.2) is 45.3 Å². The molecular weight excluding hydrogens is 332 g/mol. The molecule has 0 N–H and O–H groups in total. The van der Waals surface area contributed by atoms with Crippen LogP contribution >= 0.6 is 11.6 Å². The summed E-state index contributed by atoms with van der Waals surface area (Å²) in [6.07, 6.45) is 6.82. The topological polar surface area (TPSA) is 74.6 Å². The lowest BCUT2D eigenvalue weighted by Gasteiger charge is -2.35. The maximum absolute atomic E-state index is 12.7. The lowest BCUT2D eigenvalue weighted by atomic mass is 10.1. The fourth-order valence-electron chi connectivity index (χ4n) is 2.38. The molecule has 128 valence electrons. The number of aliphatic imine (C=N–C) groups is 1. The quantitative estimate of drug-likeness (QED) is 0.733. The van der Waals surface area contributed by atoms with Crippen molar-refractivity contribution in [2.75, 3.05) is 0 Å². The number of halogens is 1. The Labute approximate surface area is 145 Å². The Kier molecular flexibility index (Phi) is 4.21. The first kappa shape index (κ1) is 16.7. The zero-order chi connectivity index (χ0) is 17.5. The van der Waals surface area contributed by atoms with Crippen LogP contribution in [0.25, 0.3) is 0 Å². The molecule has 3 aliphatic rings. The molecule has 1 fully saturated rings. The summed E-state index contributed by atoms with van der Waals surface area (Å²) in [5.74, 6) is 0.449. The SMILES string of the molecule is CC(C)(C)OC(=O)N(C1=CC(Cl)=NC2=CC(C=O)C=NN21)C1CC1. The van der Waals surface area contributed by atoms with Gasteiger partial charge in [0.15, 0.2) is 5.82 Å². The number of hydrogen-bond donors (Lipinski definition) is 0. The number of allylic oxidation sites excluding steroid dienone is 2. The molecule has 0 aromatic rings. The van der Waals surface area contributed by atoms with Gasteiger partial charge in [-0.3, -0.25) is 4.90 Å². The fourth-order valence-corrected chi connectivity index (χ4v) is 2.56.